The first-order chi connectivity index (χ1) is 9.13. The third-order valence-electron chi connectivity index (χ3n) is 2.58. The molecule has 4 nitrogen and oxygen atoms in total. The average molecular weight is 311 g/mol. The van der Waals surface area contributed by atoms with E-state index in [0.29, 0.717) is 12.8 Å². The zero-order chi connectivity index (χ0) is 15.4. The van der Waals surface area contributed by atoms with E-state index in [4.69, 9.17) is 5.11 Å². The Balaban J connectivity index is 2.69. The molecule has 20 heavy (non-hydrogen) atoms. The number of halogens is 3. The molecule has 0 saturated carbocycles. The van der Waals surface area contributed by atoms with E-state index in [-0.39, 0.29) is 11.4 Å². The van der Waals surface area contributed by atoms with E-state index in [1.165, 1.54) is 0 Å². The molecule has 0 aromatic heterocycles. The Hall–Kier alpha value is -1.12. The maximum Gasteiger partial charge on any atom is 0.416 e. The van der Waals surface area contributed by atoms with Gasteiger partial charge in [-0.1, -0.05) is 0 Å². The lowest BCUT2D eigenvalue weighted by molar-refractivity contribution is -0.137. The first-order valence-corrected chi connectivity index (χ1v) is 7.46. The number of benzene rings is 1. The minimum absolute atomic E-state index is 0.119. The minimum atomic E-state index is -4.49. The number of rotatable bonds is 6. The molecule has 8 heteroatoms. The van der Waals surface area contributed by atoms with Gasteiger partial charge in [-0.3, -0.25) is 0 Å². The van der Waals surface area contributed by atoms with Crippen LogP contribution in [-0.4, -0.2) is 26.2 Å². The Kier molecular flexibility index (Phi) is 5.55. The molecule has 0 radical (unpaired) electrons. The summed E-state index contributed by atoms with van der Waals surface area (Å²) in [6, 6.07) is 3.29. The lowest BCUT2D eigenvalue weighted by Gasteiger charge is -2.09. The molecular weight excluding hydrogens is 295 g/mol. The highest BCUT2D eigenvalue weighted by Crippen LogP contribution is 2.29. The monoisotopic (exact) mass is 311 g/mol. The average Bonchev–Trinajstić information content (AvgIpc) is 2.34. The molecule has 0 aliphatic carbocycles. The van der Waals surface area contributed by atoms with Crippen LogP contribution in [0.25, 0.3) is 0 Å². The Labute approximate surface area is 115 Å². The molecule has 1 aromatic carbocycles. The van der Waals surface area contributed by atoms with Crippen molar-refractivity contribution in [3.63, 3.8) is 0 Å². The van der Waals surface area contributed by atoms with Crippen LogP contribution in [-0.2, 0) is 16.2 Å². The van der Waals surface area contributed by atoms with Crippen molar-refractivity contribution in [3.05, 3.63) is 29.8 Å². The summed E-state index contributed by atoms with van der Waals surface area (Å²) < 4.78 is 62.9. The standard InChI is InChI=1S/C12H16F3NO3S/c1-9(17)3-2-8-16-20(18,19)11-6-4-10(5-7-11)12(13,14)15/h4-7,9,16-17H,2-3,8H2,1H3. The second-order valence-corrected chi connectivity index (χ2v) is 6.18. The number of nitrogens with one attached hydrogen (secondary N) is 1. The molecule has 0 spiro atoms. The van der Waals surface area contributed by atoms with Crippen LogP contribution in [0.1, 0.15) is 25.3 Å². The Bertz CT molecular complexity index is 524. The smallest absolute Gasteiger partial charge is 0.393 e. The number of aliphatic hydroxyl groups excluding tert-OH is 1. The van der Waals surface area contributed by atoms with Crippen LogP contribution in [0.5, 0.6) is 0 Å². The summed E-state index contributed by atoms with van der Waals surface area (Å²) in [6.07, 6.45) is -4.13. The summed E-state index contributed by atoms with van der Waals surface area (Å²) in [5.74, 6) is 0. The fourth-order valence-corrected chi connectivity index (χ4v) is 2.58. The van der Waals surface area contributed by atoms with Gasteiger partial charge in [-0.05, 0) is 44.0 Å². The molecule has 0 bridgehead atoms. The molecule has 0 heterocycles. The van der Waals surface area contributed by atoms with Crippen LogP contribution < -0.4 is 4.72 Å². The summed E-state index contributed by atoms with van der Waals surface area (Å²) in [4.78, 5) is -0.220. The van der Waals surface area contributed by atoms with Crippen molar-refractivity contribution in [2.24, 2.45) is 0 Å². The van der Waals surface area contributed by atoms with Crippen LogP contribution >= 0.6 is 0 Å². The van der Waals surface area contributed by atoms with E-state index in [2.05, 4.69) is 4.72 Å². The van der Waals surface area contributed by atoms with Crippen molar-refractivity contribution >= 4 is 10.0 Å². The first kappa shape index (κ1) is 16.9. The molecule has 1 unspecified atom stereocenters. The van der Waals surface area contributed by atoms with Gasteiger partial charge in [0.1, 0.15) is 0 Å². The quantitative estimate of drug-likeness (QED) is 0.791. The highest BCUT2D eigenvalue weighted by atomic mass is 32.2. The van der Waals surface area contributed by atoms with Gasteiger partial charge in [-0.25, -0.2) is 13.1 Å². The number of hydrogen-bond acceptors (Lipinski definition) is 3. The van der Waals surface area contributed by atoms with Gasteiger partial charge >= 0.3 is 6.18 Å². The predicted molar refractivity (Wildman–Crippen MR) is 67.5 cm³/mol. The summed E-state index contributed by atoms with van der Waals surface area (Å²) in [6.45, 7) is 1.71. The Morgan fingerprint density at radius 2 is 1.80 bits per heavy atom. The molecular formula is C12H16F3NO3S. The van der Waals surface area contributed by atoms with E-state index in [1.807, 2.05) is 0 Å². The molecule has 1 aromatic rings. The van der Waals surface area contributed by atoms with Crippen molar-refractivity contribution in [1.82, 2.24) is 4.72 Å². The summed E-state index contributed by atoms with van der Waals surface area (Å²) in [5, 5.41) is 9.02. The molecule has 0 saturated heterocycles. The van der Waals surface area contributed by atoms with Crippen molar-refractivity contribution in [2.75, 3.05) is 6.54 Å². The van der Waals surface area contributed by atoms with E-state index < -0.39 is 27.9 Å². The molecule has 1 atom stereocenters. The van der Waals surface area contributed by atoms with Gasteiger partial charge in [-0.2, -0.15) is 13.2 Å². The van der Waals surface area contributed by atoms with Crippen LogP contribution in [0, 0.1) is 0 Å². The fourth-order valence-electron chi connectivity index (χ4n) is 1.51. The normalized spacial score (nSPS) is 14.2. The van der Waals surface area contributed by atoms with E-state index in [1.54, 1.807) is 6.92 Å². The molecule has 1 rings (SSSR count). The van der Waals surface area contributed by atoms with Gasteiger partial charge in [0.2, 0.25) is 10.0 Å². The summed E-state index contributed by atoms with van der Waals surface area (Å²) in [5.41, 5.74) is -0.898. The van der Waals surface area contributed by atoms with Crippen molar-refractivity contribution in [2.45, 2.75) is 36.9 Å². The van der Waals surface area contributed by atoms with Crippen molar-refractivity contribution in [3.8, 4) is 0 Å². The second kappa shape index (κ2) is 6.55. The molecule has 114 valence electrons. The maximum atomic E-state index is 12.4. The van der Waals surface area contributed by atoms with E-state index in [9.17, 15) is 21.6 Å². The first-order valence-electron chi connectivity index (χ1n) is 5.98. The van der Waals surface area contributed by atoms with Crippen LogP contribution in [0.3, 0.4) is 0 Å². The van der Waals surface area contributed by atoms with Gasteiger partial charge in [0.15, 0.2) is 0 Å². The zero-order valence-corrected chi connectivity index (χ0v) is 11.6. The third-order valence-corrected chi connectivity index (χ3v) is 4.06. The lowest BCUT2D eigenvalue weighted by atomic mass is 10.2. The number of hydrogen-bond donors (Lipinski definition) is 2. The Morgan fingerprint density at radius 3 is 2.25 bits per heavy atom. The third kappa shape index (κ3) is 5.10. The SMILES string of the molecule is CC(O)CCCNS(=O)(=O)c1ccc(C(F)(F)F)cc1. The van der Waals surface area contributed by atoms with Crippen molar-refractivity contribution in [1.29, 1.82) is 0 Å². The van der Waals surface area contributed by atoms with Gasteiger partial charge < -0.3 is 5.11 Å². The highest BCUT2D eigenvalue weighted by molar-refractivity contribution is 7.89. The van der Waals surface area contributed by atoms with Crippen LogP contribution in [0.2, 0.25) is 0 Å². The molecule has 0 amide bonds. The highest BCUT2D eigenvalue weighted by Gasteiger charge is 2.30. The lowest BCUT2D eigenvalue weighted by Crippen LogP contribution is -2.25. The summed E-state index contributed by atoms with van der Waals surface area (Å²) >= 11 is 0. The number of sulfonamides is 1. The largest absolute Gasteiger partial charge is 0.416 e. The van der Waals surface area contributed by atoms with Gasteiger partial charge in [0.25, 0.3) is 0 Å². The number of alkyl halides is 3. The topological polar surface area (TPSA) is 66.4 Å². The van der Waals surface area contributed by atoms with Crippen LogP contribution in [0.15, 0.2) is 29.2 Å². The maximum absolute atomic E-state index is 12.4. The van der Waals surface area contributed by atoms with Gasteiger partial charge in [0.05, 0.1) is 16.6 Å². The van der Waals surface area contributed by atoms with Crippen LogP contribution in [0.4, 0.5) is 13.2 Å². The molecule has 0 aliphatic heterocycles. The molecule has 2 N–H and O–H groups in total. The number of aliphatic hydroxyl groups is 1. The predicted octanol–water partition coefficient (Wildman–Crippen LogP) is 2.14. The van der Waals surface area contributed by atoms with Crippen molar-refractivity contribution < 1.29 is 26.7 Å². The molecule has 0 aliphatic rings. The van der Waals surface area contributed by atoms with E-state index in [0.717, 1.165) is 24.3 Å². The van der Waals surface area contributed by atoms with Gasteiger partial charge in [-0.15, -0.1) is 0 Å². The fraction of sp³-hybridized carbons (Fsp3) is 0.500. The Morgan fingerprint density at radius 1 is 1.25 bits per heavy atom. The minimum Gasteiger partial charge on any atom is -0.393 e. The zero-order valence-electron chi connectivity index (χ0n) is 10.8. The summed E-state index contributed by atoms with van der Waals surface area (Å²) in [7, 11) is -3.82. The second-order valence-electron chi connectivity index (χ2n) is 4.41. The van der Waals surface area contributed by atoms with Gasteiger partial charge in [0, 0.05) is 6.54 Å². The van der Waals surface area contributed by atoms with E-state index >= 15 is 0 Å². The molecule has 0 fully saturated rings.